The lowest BCUT2D eigenvalue weighted by atomic mass is 9.87. The van der Waals surface area contributed by atoms with E-state index in [1.165, 1.54) is 17.0 Å². The van der Waals surface area contributed by atoms with E-state index in [0.29, 0.717) is 31.5 Å². The molecule has 7 nitrogen and oxygen atoms in total. The minimum absolute atomic E-state index is 0. The highest BCUT2D eigenvalue weighted by Gasteiger charge is 2.52. The van der Waals surface area contributed by atoms with Crippen molar-refractivity contribution >= 4 is 30.3 Å². The number of carbonyl (C=O) groups is 3. The fourth-order valence-electron chi connectivity index (χ4n) is 4.75. The number of benzene rings is 2. The second-order valence-electron chi connectivity index (χ2n) is 9.79. The van der Waals surface area contributed by atoms with Crippen LogP contribution in [-0.2, 0) is 16.1 Å². The molecule has 194 valence electrons. The van der Waals surface area contributed by atoms with E-state index >= 15 is 0 Å². The van der Waals surface area contributed by atoms with Crippen LogP contribution in [0.15, 0.2) is 54.6 Å². The summed E-state index contributed by atoms with van der Waals surface area (Å²) in [7, 11) is 0. The molecule has 2 aromatic rings. The van der Waals surface area contributed by atoms with Crippen molar-refractivity contribution in [3.05, 3.63) is 71.5 Å². The Labute approximate surface area is 217 Å². The summed E-state index contributed by atoms with van der Waals surface area (Å²) in [5.41, 5.74) is 0.905. The van der Waals surface area contributed by atoms with Crippen LogP contribution in [0, 0.1) is 11.7 Å². The Bertz CT molecular complexity index is 1060. The molecule has 0 saturated carbocycles. The second-order valence-corrected chi connectivity index (χ2v) is 9.79. The topological polar surface area (TPSA) is 81.8 Å². The van der Waals surface area contributed by atoms with Gasteiger partial charge in [-0.3, -0.25) is 14.5 Å². The zero-order chi connectivity index (χ0) is 25.0. The van der Waals surface area contributed by atoms with Gasteiger partial charge >= 0.3 is 6.03 Å². The Hall–Kier alpha value is -2.97. The molecule has 9 heteroatoms. The number of carbonyl (C=O) groups excluding carboxylic acids is 3. The van der Waals surface area contributed by atoms with Crippen LogP contribution in [-0.4, -0.2) is 52.8 Å². The van der Waals surface area contributed by atoms with Crippen molar-refractivity contribution in [2.24, 2.45) is 5.92 Å². The van der Waals surface area contributed by atoms with Gasteiger partial charge in [0.25, 0.3) is 5.91 Å². The third-order valence-electron chi connectivity index (χ3n) is 6.99. The molecule has 2 aliphatic heterocycles. The van der Waals surface area contributed by atoms with E-state index in [9.17, 15) is 18.8 Å². The third kappa shape index (κ3) is 6.23. The molecular formula is C27H34ClFN4O3. The van der Waals surface area contributed by atoms with Crippen LogP contribution in [0.25, 0.3) is 0 Å². The van der Waals surface area contributed by atoms with Gasteiger partial charge in [0.1, 0.15) is 11.4 Å². The second kappa shape index (κ2) is 11.8. The van der Waals surface area contributed by atoms with Gasteiger partial charge in [-0.15, -0.1) is 12.4 Å². The Balaban J connectivity index is 0.00000361. The van der Waals surface area contributed by atoms with Crippen molar-refractivity contribution in [2.75, 3.05) is 19.6 Å². The molecule has 1 atom stereocenters. The Morgan fingerprint density at radius 2 is 1.69 bits per heavy atom. The Kier molecular flexibility index (Phi) is 9.08. The molecule has 2 aliphatic rings. The zero-order valence-electron chi connectivity index (χ0n) is 20.7. The summed E-state index contributed by atoms with van der Waals surface area (Å²) in [6.45, 7) is 6.02. The first kappa shape index (κ1) is 27.6. The molecule has 0 bridgehead atoms. The van der Waals surface area contributed by atoms with Crippen LogP contribution in [0.4, 0.5) is 9.18 Å². The number of likely N-dealkylation sites (tertiary alicyclic amines) is 1. The number of nitrogens with one attached hydrogen (secondary N) is 2. The summed E-state index contributed by atoms with van der Waals surface area (Å²) in [6.07, 6.45) is 1.82. The standard InChI is InChI=1S/C27H33FN4O3.ClH/c1-19(2)24(33)29-23(21-6-4-3-5-7-21)12-15-31-16-13-27(14-17-31)25(34)32(26(35)30-27)18-20-8-10-22(28)11-9-20;/h3-11,19,23H,12-18H2,1-2H3,(H,29,33)(H,30,35);1H/t23-;/m0./s1. The predicted octanol–water partition coefficient (Wildman–Crippen LogP) is 4.04. The Morgan fingerprint density at radius 1 is 1.06 bits per heavy atom. The Morgan fingerprint density at radius 3 is 2.31 bits per heavy atom. The lowest BCUT2D eigenvalue weighted by Gasteiger charge is -2.37. The summed E-state index contributed by atoms with van der Waals surface area (Å²) in [6, 6.07) is 15.3. The summed E-state index contributed by atoms with van der Waals surface area (Å²) in [5, 5.41) is 6.09. The van der Waals surface area contributed by atoms with E-state index in [1.54, 1.807) is 12.1 Å². The first-order chi connectivity index (χ1) is 16.8. The molecule has 0 unspecified atom stereocenters. The maximum Gasteiger partial charge on any atom is 0.325 e. The fourth-order valence-corrected chi connectivity index (χ4v) is 4.75. The molecule has 0 aromatic heterocycles. The number of amides is 4. The number of hydrogen-bond acceptors (Lipinski definition) is 4. The molecule has 2 saturated heterocycles. The van der Waals surface area contributed by atoms with Crippen molar-refractivity contribution in [1.29, 1.82) is 0 Å². The van der Waals surface area contributed by atoms with Crippen molar-refractivity contribution < 1.29 is 18.8 Å². The molecule has 4 amide bonds. The molecular weight excluding hydrogens is 483 g/mol. The van der Waals surface area contributed by atoms with Crippen LogP contribution in [0.3, 0.4) is 0 Å². The van der Waals surface area contributed by atoms with Gasteiger partial charge in [0.2, 0.25) is 5.91 Å². The van der Waals surface area contributed by atoms with Crippen molar-refractivity contribution in [3.8, 4) is 0 Å². The quantitative estimate of drug-likeness (QED) is 0.519. The van der Waals surface area contributed by atoms with E-state index in [-0.39, 0.29) is 48.5 Å². The average molecular weight is 517 g/mol. The van der Waals surface area contributed by atoms with Crippen LogP contribution in [0.2, 0.25) is 0 Å². The minimum atomic E-state index is -0.877. The largest absolute Gasteiger partial charge is 0.349 e. The average Bonchev–Trinajstić information content (AvgIpc) is 3.08. The zero-order valence-corrected chi connectivity index (χ0v) is 21.5. The number of halogens is 2. The number of imide groups is 1. The van der Waals surface area contributed by atoms with E-state index in [0.717, 1.165) is 18.5 Å². The van der Waals surface area contributed by atoms with Gasteiger partial charge in [-0.05, 0) is 42.5 Å². The van der Waals surface area contributed by atoms with Crippen LogP contribution in [0.5, 0.6) is 0 Å². The molecule has 2 fully saturated rings. The summed E-state index contributed by atoms with van der Waals surface area (Å²) in [5.74, 6) is -0.631. The normalized spacial score (nSPS) is 18.2. The molecule has 1 spiro atoms. The fraction of sp³-hybridized carbons (Fsp3) is 0.444. The number of piperidine rings is 1. The number of hydrogen-bond donors (Lipinski definition) is 2. The van der Waals surface area contributed by atoms with E-state index in [1.807, 2.05) is 44.2 Å². The minimum Gasteiger partial charge on any atom is -0.349 e. The smallest absolute Gasteiger partial charge is 0.325 e. The molecule has 0 radical (unpaired) electrons. The maximum absolute atomic E-state index is 13.2. The number of nitrogens with zero attached hydrogens (tertiary/aromatic N) is 2. The highest BCUT2D eigenvalue weighted by Crippen LogP contribution is 2.31. The first-order valence-electron chi connectivity index (χ1n) is 12.2. The molecule has 2 N–H and O–H groups in total. The van der Waals surface area contributed by atoms with E-state index < -0.39 is 11.6 Å². The maximum atomic E-state index is 13.2. The molecule has 2 heterocycles. The SMILES string of the molecule is CC(C)C(=O)N[C@@H](CCN1CCC2(CC1)NC(=O)N(Cc1ccc(F)cc1)C2=O)c1ccccc1.Cl. The van der Waals surface area contributed by atoms with Crippen LogP contribution < -0.4 is 10.6 Å². The van der Waals surface area contributed by atoms with Crippen molar-refractivity contribution in [2.45, 2.75) is 51.2 Å². The highest BCUT2D eigenvalue weighted by atomic mass is 35.5. The number of urea groups is 1. The van der Waals surface area contributed by atoms with Gasteiger partial charge in [-0.1, -0.05) is 56.3 Å². The highest BCUT2D eigenvalue weighted by molar-refractivity contribution is 6.07. The summed E-state index contributed by atoms with van der Waals surface area (Å²) in [4.78, 5) is 41.7. The van der Waals surface area contributed by atoms with Gasteiger partial charge in [-0.25, -0.2) is 9.18 Å². The summed E-state index contributed by atoms with van der Waals surface area (Å²) >= 11 is 0. The first-order valence-corrected chi connectivity index (χ1v) is 12.2. The summed E-state index contributed by atoms with van der Waals surface area (Å²) < 4.78 is 13.2. The van der Waals surface area contributed by atoms with Crippen molar-refractivity contribution in [3.63, 3.8) is 0 Å². The molecule has 2 aromatic carbocycles. The van der Waals surface area contributed by atoms with Crippen LogP contribution >= 0.6 is 12.4 Å². The molecule has 0 aliphatic carbocycles. The monoisotopic (exact) mass is 516 g/mol. The number of rotatable bonds is 8. The van der Waals surface area contributed by atoms with Gasteiger partial charge < -0.3 is 15.5 Å². The predicted molar refractivity (Wildman–Crippen MR) is 138 cm³/mol. The van der Waals surface area contributed by atoms with Crippen LogP contribution in [0.1, 0.15) is 50.3 Å². The lowest BCUT2D eigenvalue weighted by molar-refractivity contribution is -0.133. The van der Waals surface area contributed by atoms with Gasteiger partial charge in [0.15, 0.2) is 0 Å². The third-order valence-corrected chi connectivity index (χ3v) is 6.99. The van der Waals surface area contributed by atoms with Crippen molar-refractivity contribution in [1.82, 2.24) is 20.4 Å². The molecule has 36 heavy (non-hydrogen) atoms. The van der Waals surface area contributed by atoms with Gasteiger partial charge in [-0.2, -0.15) is 0 Å². The van der Waals surface area contributed by atoms with E-state index in [2.05, 4.69) is 15.5 Å². The van der Waals surface area contributed by atoms with E-state index in [4.69, 9.17) is 0 Å². The molecule has 4 rings (SSSR count). The van der Waals surface area contributed by atoms with Gasteiger partial charge in [0, 0.05) is 25.6 Å². The van der Waals surface area contributed by atoms with Gasteiger partial charge in [0.05, 0.1) is 12.6 Å². The lowest BCUT2D eigenvalue weighted by Crippen LogP contribution is -2.55.